The van der Waals surface area contributed by atoms with Gasteiger partial charge in [-0.3, -0.25) is 4.90 Å². The third-order valence-electron chi connectivity index (χ3n) is 5.87. The maximum atomic E-state index is 12.2. The molecule has 2 aliphatic rings. The van der Waals surface area contributed by atoms with Gasteiger partial charge in [0.15, 0.2) is 0 Å². The zero-order valence-electron chi connectivity index (χ0n) is 15.2. The molecule has 1 saturated heterocycles. The summed E-state index contributed by atoms with van der Waals surface area (Å²) in [5.74, 6) is -0.589. The van der Waals surface area contributed by atoms with E-state index in [9.17, 15) is 9.90 Å². The number of rotatable bonds is 2. The summed E-state index contributed by atoms with van der Waals surface area (Å²) in [6, 6.07) is 8.62. The van der Waals surface area contributed by atoms with Gasteiger partial charge in [-0.1, -0.05) is 29.8 Å². The van der Waals surface area contributed by atoms with Crippen LogP contribution in [0.15, 0.2) is 47.7 Å². The number of nitrogens with one attached hydrogen (secondary N) is 1. The van der Waals surface area contributed by atoms with E-state index in [1.807, 2.05) is 13.0 Å². The highest BCUT2D eigenvalue weighted by atomic mass is 16.5. The molecule has 1 fully saturated rings. The van der Waals surface area contributed by atoms with Gasteiger partial charge in [0, 0.05) is 35.6 Å². The van der Waals surface area contributed by atoms with Crippen LogP contribution in [0.5, 0.6) is 0 Å². The Morgan fingerprint density at radius 1 is 1.38 bits per heavy atom. The average molecular weight is 352 g/mol. The molecule has 0 bridgehead atoms. The zero-order valence-corrected chi connectivity index (χ0v) is 15.2. The second-order valence-electron chi connectivity index (χ2n) is 7.03. The Bertz CT molecular complexity index is 909. The normalized spacial score (nSPS) is 25.2. The Morgan fingerprint density at radius 2 is 2.19 bits per heavy atom. The van der Waals surface area contributed by atoms with Crippen molar-refractivity contribution >= 4 is 16.9 Å². The van der Waals surface area contributed by atoms with Gasteiger partial charge in [-0.15, -0.1) is 0 Å². The molecule has 1 unspecified atom stereocenters. The maximum Gasteiger partial charge on any atom is 0.337 e. The standard InChI is InChI=1S/C21H24N2O3/c1-3-13-11-23-9-8-15-14-6-4-5-7-18(14)22-20(15)19(23)10-16(13)17(12-24)21(25)26-2/h3-7,12,16,19,22,24H,8-11H2,1-2H3/b13-3-,17-12-/t16?,19-/m0/s1. The Balaban J connectivity index is 1.75. The van der Waals surface area contributed by atoms with Crippen LogP contribution in [0, 0.1) is 5.92 Å². The molecule has 26 heavy (non-hydrogen) atoms. The highest BCUT2D eigenvalue weighted by Crippen LogP contribution is 2.44. The van der Waals surface area contributed by atoms with Gasteiger partial charge >= 0.3 is 5.97 Å². The topological polar surface area (TPSA) is 65.6 Å². The largest absolute Gasteiger partial charge is 0.515 e. The first-order chi connectivity index (χ1) is 12.7. The Hall–Kier alpha value is -2.53. The minimum Gasteiger partial charge on any atom is -0.515 e. The lowest BCUT2D eigenvalue weighted by Gasteiger charge is -2.43. The molecule has 2 aromatic rings. The minimum absolute atomic E-state index is 0.129. The van der Waals surface area contributed by atoms with Gasteiger partial charge in [0.1, 0.15) is 0 Å². The van der Waals surface area contributed by atoms with Crippen LogP contribution >= 0.6 is 0 Å². The van der Waals surface area contributed by atoms with Crippen LogP contribution in [0.4, 0.5) is 0 Å². The number of nitrogens with zero attached hydrogens (tertiary/aromatic N) is 1. The maximum absolute atomic E-state index is 12.2. The van der Waals surface area contributed by atoms with Crippen molar-refractivity contribution in [2.45, 2.75) is 25.8 Å². The minimum atomic E-state index is -0.460. The molecule has 0 saturated carbocycles. The highest BCUT2D eigenvalue weighted by Gasteiger charge is 2.40. The van der Waals surface area contributed by atoms with Crippen molar-refractivity contribution < 1.29 is 14.6 Å². The summed E-state index contributed by atoms with van der Waals surface area (Å²) in [7, 11) is 1.35. The van der Waals surface area contributed by atoms with Crippen LogP contribution in [0.25, 0.3) is 10.9 Å². The van der Waals surface area contributed by atoms with Crippen LogP contribution in [0.2, 0.25) is 0 Å². The Labute approximate surface area is 153 Å². The van der Waals surface area contributed by atoms with E-state index >= 15 is 0 Å². The first-order valence-corrected chi connectivity index (χ1v) is 9.09. The predicted octanol–water partition coefficient (Wildman–Crippen LogP) is 3.65. The van der Waals surface area contributed by atoms with E-state index in [2.05, 4.69) is 34.2 Å². The number of aromatic amines is 1. The summed E-state index contributed by atoms with van der Waals surface area (Å²) in [6.07, 6.45) is 4.76. The number of aromatic nitrogens is 1. The predicted molar refractivity (Wildman–Crippen MR) is 101 cm³/mol. The van der Waals surface area contributed by atoms with Crippen molar-refractivity contribution in [1.29, 1.82) is 0 Å². The van der Waals surface area contributed by atoms with Gasteiger partial charge in [0.2, 0.25) is 0 Å². The molecule has 1 aromatic carbocycles. The number of hydrogen-bond acceptors (Lipinski definition) is 4. The molecule has 5 nitrogen and oxygen atoms in total. The fraction of sp³-hybridized carbons (Fsp3) is 0.381. The smallest absolute Gasteiger partial charge is 0.337 e. The number of para-hydroxylation sites is 1. The molecular weight excluding hydrogens is 328 g/mol. The third kappa shape index (κ3) is 2.54. The summed E-state index contributed by atoms with van der Waals surface area (Å²) >= 11 is 0. The molecule has 0 radical (unpaired) electrons. The molecule has 4 rings (SSSR count). The number of carbonyl (C=O) groups excluding carboxylic acids is 1. The molecule has 0 spiro atoms. The van der Waals surface area contributed by atoms with Gasteiger partial charge in [0.05, 0.1) is 25.0 Å². The number of methoxy groups -OCH3 is 1. The Morgan fingerprint density at radius 3 is 2.92 bits per heavy atom. The van der Waals surface area contributed by atoms with Crippen molar-refractivity contribution in [1.82, 2.24) is 9.88 Å². The summed E-state index contributed by atoms with van der Waals surface area (Å²) in [4.78, 5) is 18.2. The number of aliphatic hydroxyl groups is 1. The number of H-pyrrole nitrogens is 1. The first kappa shape index (κ1) is 16.9. The number of hydrogen-bond donors (Lipinski definition) is 2. The van der Waals surface area contributed by atoms with E-state index in [0.29, 0.717) is 5.57 Å². The van der Waals surface area contributed by atoms with Gasteiger partial charge in [0.25, 0.3) is 0 Å². The van der Waals surface area contributed by atoms with Gasteiger partial charge in [-0.2, -0.15) is 0 Å². The molecule has 0 amide bonds. The monoisotopic (exact) mass is 352 g/mol. The van der Waals surface area contributed by atoms with Crippen LogP contribution in [-0.4, -0.2) is 41.2 Å². The van der Waals surface area contributed by atoms with E-state index in [4.69, 9.17) is 4.74 Å². The van der Waals surface area contributed by atoms with Crippen LogP contribution in [0.3, 0.4) is 0 Å². The number of fused-ring (bicyclic) bond motifs is 5. The molecule has 2 aliphatic heterocycles. The lowest BCUT2D eigenvalue weighted by Crippen LogP contribution is -2.43. The molecule has 5 heteroatoms. The van der Waals surface area contributed by atoms with Gasteiger partial charge < -0.3 is 14.8 Å². The molecule has 136 valence electrons. The second-order valence-corrected chi connectivity index (χ2v) is 7.03. The van der Waals surface area contributed by atoms with E-state index in [1.165, 1.54) is 29.3 Å². The summed E-state index contributed by atoms with van der Waals surface area (Å²) in [5.41, 5.74) is 5.30. The fourth-order valence-corrected chi connectivity index (χ4v) is 4.57. The van der Waals surface area contributed by atoms with E-state index in [0.717, 1.165) is 37.8 Å². The summed E-state index contributed by atoms with van der Waals surface area (Å²) < 4.78 is 4.89. The van der Waals surface area contributed by atoms with Gasteiger partial charge in [-0.05, 0) is 31.4 Å². The number of allylic oxidation sites excluding steroid dienone is 1. The molecule has 3 heterocycles. The van der Waals surface area contributed by atoms with Crippen LogP contribution in [0.1, 0.15) is 30.6 Å². The molecule has 2 atom stereocenters. The van der Waals surface area contributed by atoms with E-state index in [1.54, 1.807) is 0 Å². The number of esters is 1. The fourth-order valence-electron chi connectivity index (χ4n) is 4.57. The molecular formula is C21H24N2O3. The quantitative estimate of drug-likeness (QED) is 0.375. The second kappa shape index (κ2) is 6.65. The molecule has 2 N–H and O–H groups in total. The number of aliphatic hydroxyl groups excluding tert-OH is 1. The van der Waals surface area contributed by atoms with Crippen LogP contribution in [-0.2, 0) is 16.0 Å². The SMILES string of the molecule is C/C=C1/CN2CCc3c([nH]c4ccccc34)[C@@H]2CC1/C(=C/O)C(=O)OC. The summed E-state index contributed by atoms with van der Waals surface area (Å²) in [5, 5.41) is 11.0. The van der Waals surface area contributed by atoms with E-state index < -0.39 is 5.97 Å². The van der Waals surface area contributed by atoms with Crippen molar-refractivity contribution in [2.75, 3.05) is 20.2 Å². The number of benzene rings is 1. The molecule has 0 aliphatic carbocycles. The lowest BCUT2D eigenvalue weighted by molar-refractivity contribution is -0.136. The van der Waals surface area contributed by atoms with Crippen molar-refractivity contribution in [3.05, 3.63) is 59.0 Å². The van der Waals surface area contributed by atoms with E-state index in [-0.39, 0.29) is 12.0 Å². The van der Waals surface area contributed by atoms with Gasteiger partial charge in [-0.25, -0.2) is 4.79 Å². The third-order valence-corrected chi connectivity index (χ3v) is 5.87. The highest BCUT2D eigenvalue weighted by molar-refractivity contribution is 5.89. The zero-order chi connectivity index (χ0) is 18.3. The van der Waals surface area contributed by atoms with Crippen LogP contribution < -0.4 is 0 Å². The number of piperidine rings is 1. The first-order valence-electron chi connectivity index (χ1n) is 9.09. The van der Waals surface area contributed by atoms with Crippen molar-refractivity contribution in [3.63, 3.8) is 0 Å². The number of ether oxygens (including phenoxy) is 1. The Kier molecular flexibility index (Phi) is 4.32. The lowest BCUT2D eigenvalue weighted by atomic mass is 9.78. The summed E-state index contributed by atoms with van der Waals surface area (Å²) in [6.45, 7) is 3.79. The van der Waals surface area contributed by atoms with Crippen molar-refractivity contribution in [3.8, 4) is 0 Å². The van der Waals surface area contributed by atoms with Crippen molar-refractivity contribution in [2.24, 2.45) is 5.92 Å². The molecule has 1 aromatic heterocycles. The average Bonchev–Trinajstić information content (AvgIpc) is 3.07. The number of carbonyl (C=O) groups is 1.